The first kappa shape index (κ1) is 21.5. The summed E-state index contributed by atoms with van der Waals surface area (Å²) >= 11 is 0. The molecule has 9 heteroatoms. The van der Waals surface area contributed by atoms with Crippen LogP contribution in [0.4, 0.5) is 10.1 Å². The van der Waals surface area contributed by atoms with Crippen molar-refractivity contribution in [1.82, 2.24) is 9.55 Å². The lowest BCUT2D eigenvalue weighted by Crippen LogP contribution is -2.22. The molecule has 1 heterocycles. The topological polar surface area (TPSA) is 90.3 Å². The zero-order valence-electron chi connectivity index (χ0n) is 17.4. The number of anilines is 1. The van der Waals surface area contributed by atoms with Crippen LogP contribution in [0.3, 0.4) is 0 Å². The molecule has 0 saturated carbocycles. The predicted molar refractivity (Wildman–Crippen MR) is 120 cm³/mol. The van der Waals surface area contributed by atoms with E-state index in [9.17, 15) is 17.6 Å². The van der Waals surface area contributed by atoms with Crippen molar-refractivity contribution in [2.75, 3.05) is 11.3 Å². The minimum absolute atomic E-state index is 0.0496. The van der Waals surface area contributed by atoms with Gasteiger partial charge in [0.25, 0.3) is 15.6 Å². The lowest BCUT2D eigenvalue weighted by atomic mass is 10.2. The largest absolute Gasteiger partial charge is 0.494 e. The Labute approximate surface area is 184 Å². The molecular formula is C23H20FN3O4S. The van der Waals surface area contributed by atoms with Crippen LogP contribution < -0.4 is 15.0 Å². The van der Waals surface area contributed by atoms with Crippen LogP contribution in [-0.4, -0.2) is 24.6 Å². The molecule has 0 unspecified atom stereocenters. The Morgan fingerprint density at radius 1 is 1.06 bits per heavy atom. The summed E-state index contributed by atoms with van der Waals surface area (Å²) in [5, 5.41) is 0.402. The zero-order chi connectivity index (χ0) is 22.9. The SMILES string of the molecule is CCOc1ccc(S(=O)(=O)Nc2cc(-n3c(C)nc4ccccc4c3=O)ccc2F)cc1. The van der Waals surface area contributed by atoms with Crippen molar-refractivity contribution in [2.24, 2.45) is 0 Å². The molecule has 7 nitrogen and oxygen atoms in total. The first-order valence-electron chi connectivity index (χ1n) is 9.84. The lowest BCUT2D eigenvalue weighted by Gasteiger charge is -2.14. The Bertz CT molecular complexity index is 1470. The number of halogens is 1. The fraction of sp³-hybridized carbons (Fsp3) is 0.130. The highest BCUT2D eigenvalue weighted by atomic mass is 32.2. The van der Waals surface area contributed by atoms with Gasteiger partial charge in [-0.2, -0.15) is 0 Å². The highest BCUT2D eigenvalue weighted by Crippen LogP contribution is 2.24. The molecule has 0 aliphatic rings. The zero-order valence-corrected chi connectivity index (χ0v) is 18.2. The van der Waals surface area contributed by atoms with Crippen molar-refractivity contribution in [1.29, 1.82) is 0 Å². The van der Waals surface area contributed by atoms with E-state index < -0.39 is 15.8 Å². The van der Waals surface area contributed by atoms with Crippen molar-refractivity contribution in [3.8, 4) is 11.4 Å². The number of ether oxygens (including phenoxy) is 1. The highest BCUT2D eigenvalue weighted by molar-refractivity contribution is 7.92. The maximum absolute atomic E-state index is 14.5. The second-order valence-corrected chi connectivity index (χ2v) is 8.67. The number of nitrogens with zero attached hydrogens (tertiary/aromatic N) is 2. The summed E-state index contributed by atoms with van der Waals surface area (Å²) in [6, 6.07) is 16.5. The molecule has 0 radical (unpaired) electrons. The van der Waals surface area contributed by atoms with Gasteiger partial charge >= 0.3 is 0 Å². The number of para-hydroxylation sites is 1. The molecule has 0 amide bonds. The summed E-state index contributed by atoms with van der Waals surface area (Å²) in [7, 11) is -4.07. The van der Waals surface area contributed by atoms with Crippen LogP contribution in [0, 0.1) is 12.7 Å². The average molecular weight is 453 g/mol. The molecule has 0 bridgehead atoms. The van der Waals surface area contributed by atoms with E-state index >= 15 is 0 Å². The number of fused-ring (bicyclic) bond motifs is 1. The molecular weight excluding hydrogens is 433 g/mol. The van der Waals surface area contributed by atoms with Crippen LogP contribution in [0.25, 0.3) is 16.6 Å². The van der Waals surface area contributed by atoms with Gasteiger partial charge in [0.15, 0.2) is 0 Å². The van der Waals surface area contributed by atoms with Gasteiger partial charge in [-0.3, -0.25) is 14.1 Å². The summed E-state index contributed by atoms with van der Waals surface area (Å²) < 4.78 is 49.0. The summed E-state index contributed by atoms with van der Waals surface area (Å²) in [6.45, 7) is 3.92. The normalized spacial score (nSPS) is 11.5. The number of aryl methyl sites for hydroxylation is 1. The van der Waals surface area contributed by atoms with Crippen molar-refractivity contribution in [2.45, 2.75) is 18.7 Å². The third kappa shape index (κ3) is 4.06. The van der Waals surface area contributed by atoms with Crippen LogP contribution in [0.15, 0.2) is 76.4 Å². The van der Waals surface area contributed by atoms with E-state index in [1.54, 1.807) is 31.2 Å². The van der Waals surface area contributed by atoms with Gasteiger partial charge in [-0.25, -0.2) is 17.8 Å². The summed E-state index contributed by atoms with van der Waals surface area (Å²) in [6.07, 6.45) is 0. The van der Waals surface area contributed by atoms with Crippen molar-refractivity contribution >= 4 is 26.6 Å². The third-order valence-electron chi connectivity index (χ3n) is 4.84. The average Bonchev–Trinajstić information content (AvgIpc) is 2.76. The standard InChI is InChI=1S/C23H20FN3O4S/c1-3-31-17-9-11-18(12-10-17)32(29,30)26-22-14-16(8-13-20(22)24)27-15(2)25-21-7-5-4-6-19(21)23(27)28/h4-14,26H,3H2,1-2H3. The molecule has 0 aliphatic heterocycles. The van der Waals surface area contributed by atoms with Gasteiger partial charge in [0.1, 0.15) is 17.4 Å². The minimum Gasteiger partial charge on any atom is -0.494 e. The maximum Gasteiger partial charge on any atom is 0.265 e. The van der Waals surface area contributed by atoms with Gasteiger partial charge in [0.05, 0.1) is 33.8 Å². The Hall–Kier alpha value is -3.72. The Balaban J connectivity index is 1.74. The van der Waals surface area contributed by atoms with Crippen LogP contribution in [-0.2, 0) is 10.0 Å². The first-order valence-corrected chi connectivity index (χ1v) is 11.3. The fourth-order valence-electron chi connectivity index (χ4n) is 3.36. The summed E-state index contributed by atoms with van der Waals surface area (Å²) in [5.41, 5.74) is 0.220. The molecule has 0 fully saturated rings. The number of aromatic nitrogens is 2. The van der Waals surface area contributed by atoms with Crippen LogP contribution >= 0.6 is 0 Å². The quantitative estimate of drug-likeness (QED) is 0.476. The number of sulfonamides is 1. The van der Waals surface area contributed by atoms with Gasteiger partial charge in [-0.15, -0.1) is 0 Å². The number of benzene rings is 3. The molecule has 164 valence electrons. The second kappa shape index (κ2) is 8.43. The van der Waals surface area contributed by atoms with Gasteiger partial charge in [-0.1, -0.05) is 12.1 Å². The van der Waals surface area contributed by atoms with Crippen LogP contribution in [0.2, 0.25) is 0 Å². The predicted octanol–water partition coefficient (Wildman–Crippen LogP) is 4.03. The molecule has 0 aliphatic carbocycles. The molecule has 1 aromatic heterocycles. The summed E-state index contributed by atoms with van der Waals surface area (Å²) in [4.78, 5) is 17.4. The van der Waals surface area contributed by atoms with Crippen molar-refractivity contribution in [3.05, 3.63) is 88.7 Å². The molecule has 4 aromatic rings. The fourth-order valence-corrected chi connectivity index (χ4v) is 4.42. The monoisotopic (exact) mass is 453 g/mol. The van der Waals surface area contributed by atoms with Gasteiger partial charge in [0.2, 0.25) is 0 Å². The molecule has 1 N–H and O–H groups in total. The number of nitrogens with one attached hydrogen (secondary N) is 1. The second-order valence-electron chi connectivity index (χ2n) is 6.99. The third-order valence-corrected chi connectivity index (χ3v) is 6.22. The lowest BCUT2D eigenvalue weighted by molar-refractivity contribution is 0.340. The first-order chi connectivity index (χ1) is 15.3. The molecule has 3 aromatic carbocycles. The minimum atomic E-state index is -4.07. The number of rotatable bonds is 6. The van der Waals surface area contributed by atoms with Crippen molar-refractivity contribution < 1.29 is 17.5 Å². The Morgan fingerprint density at radius 2 is 1.78 bits per heavy atom. The number of hydrogen-bond donors (Lipinski definition) is 1. The van der Waals surface area contributed by atoms with Gasteiger partial charge < -0.3 is 4.74 Å². The van der Waals surface area contributed by atoms with Crippen LogP contribution in [0.1, 0.15) is 12.7 Å². The smallest absolute Gasteiger partial charge is 0.265 e. The van der Waals surface area contributed by atoms with E-state index in [0.717, 1.165) is 6.07 Å². The van der Waals surface area contributed by atoms with E-state index in [2.05, 4.69) is 9.71 Å². The van der Waals surface area contributed by atoms with E-state index in [1.165, 1.54) is 41.0 Å². The van der Waals surface area contributed by atoms with E-state index in [1.807, 2.05) is 6.92 Å². The molecule has 32 heavy (non-hydrogen) atoms. The van der Waals surface area contributed by atoms with E-state index in [-0.39, 0.29) is 21.8 Å². The van der Waals surface area contributed by atoms with E-state index in [4.69, 9.17) is 4.74 Å². The molecule has 4 rings (SSSR count). The maximum atomic E-state index is 14.5. The van der Waals surface area contributed by atoms with Crippen molar-refractivity contribution in [3.63, 3.8) is 0 Å². The van der Waals surface area contributed by atoms with Gasteiger partial charge in [-0.05, 0) is 68.4 Å². The van der Waals surface area contributed by atoms with E-state index in [0.29, 0.717) is 29.1 Å². The molecule has 0 spiro atoms. The van der Waals surface area contributed by atoms with Crippen LogP contribution in [0.5, 0.6) is 5.75 Å². The highest BCUT2D eigenvalue weighted by Gasteiger charge is 2.18. The molecule has 0 saturated heterocycles. The molecule has 0 atom stereocenters. The number of hydrogen-bond acceptors (Lipinski definition) is 5. The van der Waals surface area contributed by atoms with Gasteiger partial charge in [0, 0.05) is 0 Å². The Kier molecular flexibility index (Phi) is 5.67. The Morgan fingerprint density at radius 3 is 2.50 bits per heavy atom. The summed E-state index contributed by atoms with van der Waals surface area (Å²) in [5.74, 6) is 0.140.